The van der Waals surface area contributed by atoms with Crippen molar-refractivity contribution in [3.8, 4) is 0 Å². The zero-order valence-corrected chi connectivity index (χ0v) is 10.3. The lowest BCUT2D eigenvalue weighted by Gasteiger charge is -2.27. The van der Waals surface area contributed by atoms with E-state index in [1.54, 1.807) is 0 Å². The molecular formula is C12H25NO2. The Bertz CT molecular complexity index is 173. The van der Waals surface area contributed by atoms with Crippen molar-refractivity contribution in [1.82, 2.24) is 4.90 Å². The second-order valence-corrected chi connectivity index (χ2v) is 4.65. The van der Waals surface area contributed by atoms with E-state index in [0.29, 0.717) is 0 Å². The molecule has 0 radical (unpaired) electrons. The summed E-state index contributed by atoms with van der Waals surface area (Å²) in [6.45, 7) is 6.17. The number of carbonyl (C=O) groups is 1. The van der Waals surface area contributed by atoms with Crippen LogP contribution in [-0.4, -0.2) is 43.0 Å². The minimum Gasteiger partial charge on any atom is -0.396 e. The molecule has 0 aromatic carbocycles. The van der Waals surface area contributed by atoms with Crippen LogP contribution in [0.2, 0.25) is 0 Å². The van der Waals surface area contributed by atoms with Gasteiger partial charge in [-0.3, -0.25) is 0 Å². The van der Waals surface area contributed by atoms with Crippen molar-refractivity contribution in [2.24, 2.45) is 5.41 Å². The van der Waals surface area contributed by atoms with Gasteiger partial charge < -0.3 is 14.8 Å². The van der Waals surface area contributed by atoms with Gasteiger partial charge in [0.15, 0.2) is 0 Å². The smallest absolute Gasteiger partial charge is 0.127 e. The van der Waals surface area contributed by atoms with E-state index in [9.17, 15) is 4.79 Å². The number of carbonyl (C=O) groups excluding carboxylic acids is 1. The molecular weight excluding hydrogens is 190 g/mol. The van der Waals surface area contributed by atoms with Crippen LogP contribution in [0.3, 0.4) is 0 Å². The molecule has 0 aliphatic carbocycles. The van der Waals surface area contributed by atoms with E-state index in [-0.39, 0.29) is 12.0 Å². The van der Waals surface area contributed by atoms with Crippen LogP contribution in [0, 0.1) is 5.41 Å². The maximum absolute atomic E-state index is 10.9. The van der Waals surface area contributed by atoms with Gasteiger partial charge in [-0.2, -0.15) is 0 Å². The third-order valence-electron chi connectivity index (χ3n) is 2.92. The van der Waals surface area contributed by atoms with Gasteiger partial charge in [0.1, 0.15) is 6.29 Å². The maximum atomic E-state index is 10.9. The van der Waals surface area contributed by atoms with Gasteiger partial charge in [0.05, 0.1) is 0 Å². The Labute approximate surface area is 93.5 Å². The predicted molar refractivity (Wildman–Crippen MR) is 62.9 cm³/mol. The second kappa shape index (κ2) is 7.83. The third-order valence-corrected chi connectivity index (χ3v) is 2.92. The molecule has 0 aromatic heterocycles. The first-order chi connectivity index (χ1) is 7.08. The summed E-state index contributed by atoms with van der Waals surface area (Å²) in [6, 6.07) is 0. The molecule has 0 aliphatic heterocycles. The molecule has 0 heterocycles. The SMILES string of the molecule is CCC(C)(C=O)CN(C)CCCCCO. The van der Waals surface area contributed by atoms with Crippen molar-refractivity contribution in [3.05, 3.63) is 0 Å². The van der Waals surface area contributed by atoms with Gasteiger partial charge in [0.2, 0.25) is 0 Å². The molecule has 0 saturated heterocycles. The molecule has 90 valence electrons. The van der Waals surface area contributed by atoms with Crippen LogP contribution in [0.5, 0.6) is 0 Å². The van der Waals surface area contributed by atoms with Gasteiger partial charge >= 0.3 is 0 Å². The fourth-order valence-corrected chi connectivity index (χ4v) is 1.60. The molecule has 1 unspecified atom stereocenters. The first-order valence-corrected chi connectivity index (χ1v) is 5.83. The number of unbranched alkanes of at least 4 members (excludes halogenated alkanes) is 2. The van der Waals surface area contributed by atoms with Crippen molar-refractivity contribution in [3.63, 3.8) is 0 Å². The number of hydrogen-bond donors (Lipinski definition) is 1. The normalized spacial score (nSPS) is 15.3. The van der Waals surface area contributed by atoms with E-state index in [2.05, 4.69) is 11.9 Å². The Morgan fingerprint density at radius 3 is 2.47 bits per heavy atom. The van der Waals surface area contributed by atoms with Gasteiger partial charge in [-0.25, -0.2) is 0 Å². The van der Waals surface area contributed by atoms with Gasteiger partial charge in [0, 0.05) is 18.6 Å². The van der Waals surface area contributed by atoms with Gasteiger partial charge in [-0.05, 0) is 39.3 Å². The molecule has 15 heavy (non-hydrogen) atoms. The minimum atomic E-state index is -0.203. The number of aliphatic hydroxyl groups is 1. The van der Waals surface area contributed by atoms with Gasteiger partial charge in [0.25, 0.3) is 0 Å². The van der Waals surface area contributed by atoms with E-state index in [0.717, 1.165) is 45.1 Å². The summed E-state index contributed by atoms with van der Waals surface area (Å²) in [7, 11) is 2.05. The van der Waals surface area contributed by atoms with Crippen molar-refractivity contribution in [2.75, 3.05) is 26.7 Å². The number of nitrogens with zero attached hydrogens (tertiary/aromatic N) is 1. The molecule has 0 aliphatic rings. The highest BCUT2D eigenvalue weighted by Gasteiger charge is 2.22. The van der Waals surface area contributed by atoms with E-state index in [1.165, 1.54) is 0 Å². The third kappa shape index (κ3) is 6.63. The first-order valence-electron chi connectivity index (χ1n) is 5.83. The average molecular weight is 215 g/mol. The van der Waals surface area contributed by atoms with E-state index < -0.39 is 0 Å². The van der Waals surface area contributed by atoms with Crippen molar-refractivity contribution in [1.29, 1.82) is 0 Å². The van der Waals surface area contributed by atoms with Crippen LogP contribution < -0.4 is 0 Å². The molecule has 0 bridgehead atoms. The molecule has 0 rings (SSSR count). The zero-order valence-electron chi connectivity index (χ0n) is 10.3. The summed E-state index contributed by atoms with van der Waals surface area (Å²) >= 11 is 0. The Morgan fingerprint density at radius 2 is 2.00 bits per heavy atom. The monoisotopic (exact) mass is 215 g/mol. The number of hydrogen-bond acceptors (Lipinski definition) is 3. The standard InChI is InChI=1S/C12H25NO2/c1-4-12(2,11-15)10-13(3)8-6-5-7-9-14/h11,14H,4-10H2,1-3H3. The van der Waals surface area contributed by atoms with Crippen molar-refractivity contribution >= 4 is 6.29 Å². The number of rotatable bonds is 9. The predicted octanol–water partition coefficient (Wildman–Crippen LogP) is 1.70. The molecule has 1 atom stereocenters. The van der Waals surface area contributed by atoms with Crippen molar-refractivity contribution < 1.29 is 9.90 Å². The van der Waals surface area contributed by atoms with E-state index in [1.807, 2.05) is 13.8 Å². The summed E-state index contributed by atoms with van der Waals surface area (Å²) in [5, 5.41) is 8.63. The maximum Gasteiger partial charge on any atom is 0.127 e. The second-order valence-electron chi connectivity index (χ2n) is 4.65. The van der Waals surface area contributed by atoms with Crippen LogP contribution in [0.15, 0.2) is 0 Å². The number of aldehydes is 1. The molecule has 3 heteroatoms. The molecule has 0 aromatic rings. The minimum absolute atomic E-state index is 0.203. The summed E-state index contributed by atoms with van der Waals surface area (Å²) in [5.74, 6) is 0. The molecule has 3 nitrogen and oxygen atoms in total. The summed E-state index contributed by atoms with van der Waals surface area (Å²) < 4.78 is 0. The highest BCUT2D eigenvalue weighted by Crippen LogP contribution is 2.18. The average Bonchev–Trinajstić information content (AvgIpc) is 2.24. The summed E-state index contributed by atoms with van der Waals surface area (Å²) in [6.07, 6.45) is 4.99. The molecule has 0 amide bonds. The Balaban J connectivity index is 3.71. The molecule has 1 N–H and O–H groups in total. The topological polar surface area (TPSA) is 40.5 Å². The fraction of sp³-hybridized carbons (Fsp3) is 0.917. The Hall–Kier alpha value is -0.410. The molecule has 0 saturated carbocycles. The molecule has 0 fully saturated rings. The zero-order chi connectivity index (χ0) is 11.7. The van der Waals surface area contributed by atoms with Gasteiger partial charge in [-0.15, -0.1) is 0 Å². The Morgan fingerprint density at radius 1 is 1.33 bits per heavy atom. The van der Waals surface area contributed by atoms with Crippen LogP contribution in [0.1, 0.15) is 39.5 Å². The summed E-state index contributed by atoms with van der Waals surface area (Å²) in [5.41, 5.74) is -0.203. The first kappa shape index (κ1) is 14.6. The van der Waals surface area contributed by atoms with Crippen molar-refractivity contribution in [2.45, 2.75) is 39.5 Å². The van der Waals surface area contributed by atoms with Crippen LogP contribution in [-0.2, 0) is 4.79 Å². The lowest BCUT2D eigenvalue weighted by atomic mass is 9.89. The van der Waals surface area contributed by atoms with Crippen LogP contribution in [0.25, 0.3) is 0 Å². The lowest BCUT2D eigenvalue weighted by Crippen LogP contribution is -2.34. The van der Waals surface area contributed by atoms with Crippen LogP contribution >= 0.6 is 0 Å². The Kier molecular flexibility index (Phi) is 7.61. The van der Waals surface area contributed by atoms with Gasteiger partial charge in [-0.1, -0.05) is 13.8 Å². The highest BCUT2D eigenvalue weighted by atomic mass is 16.2. The fourth-order valence-electron chi connectivity index (χ4n) is 1.60. The summed E-state index contributed by atoms with van der Waals surface area (Å²) in [4.78, 5) is 13.1. The highest BCUT2D eigenvalue weighted by molar-refractivity contribution is 5.58. The lowest BCUT2D eigenvalue weighted by molar-refractivity contribution is -0.116. The largest absolute Gasteiger partial charge is 0.396 e. The van der Waals surface area contributed by atoms with E-state index >= 15 is 0 Å². The van der Waals surface area contributed by atoms with E-state index in [4.69, 9.17) is 5.11 Å². The number of aliphatic hydroxyl groups excluding tert-OH is 1. The molecule has 0 spiro atoms. The van der Waals surface area contributed by atoms with Crippen LogP contribution in [0.4, 0.5) is 0 Å². The quantitative estimate of drug-likeness (QED) is 0.470.